The smallest absolute Gasteiger partial charge is 0.387 e. The standard InChI is InChI=1S/C17H20F2N2O3/c18-16(19)24-13-7-4-12(5-8-13)6-9-14(22)21-17(15(20)23)10-2-1-3-11-17/h4-9,16H,1-3,10-11H2,(H2,20,23)(H,21,22)/b9-6+. The van der Waals surface area contributed by atoms with Crippen molar-refractivity contribution in [2.24, 2.45) is 5.73 Å². The molecule has 24 heavy (non-hydrogen) atoms. The summed E-state index contributed by atoms with van der Waals surface area (Å²) in [6.45, 7) is -2.88. The van der Waals surface area contributed by atoms with Gasteiger partial charge >= 0.3 is 6.61 Å². The number of rotatable bonds is 6. The van der Waals surface area contributed by atoms with Crippen molar-refractivity contribution in [2.75, 3.05) is 0 Å². The number of carbonyl (C=O) groups is 2. The SMILES string of the molecule is NC(=O)C1(NC(=O)/C=C/c2ccc(OC(F)F)cc2)CCCCC1. The number of nitrogens with two attached hydrogens (primary N) is 1. The Labute approximate surface area is 138 Å². The summed E-state index contributed by atoms with van der Waals surface area (Å²) < 4.78 is 28.4. The Morgan fingerprint density at radius 3 is 2.33 bits per heavy atom. The van der Waals surface area contributed by atoms with E-state index in [1.807, 2.05) is 0 Å². The third-order valence-corrected chi connectivity index (χ3v) is 4.07. The number of benzene rings is 1. The molecule has 1 saturated carbocycles. The monoisotopic (exact) mass is 338 g/mol. The minimum absolute atomic E-state index is 0.0430. The van der Waals surface area contributed by atoms with E-state index < -0.39 is 24.0 Å². The van der Waals surface area contributed by atoms with Gasteiger partial charge in [0, 0.05) is 6.08 Å². The maximum atomic E-state index is 12.1. The molecule has 0 atom stereocenters. The summed E-state index contributed by atoms with van der Waals surface area (Å²) in [6, 6.07) is 5.86. The molecule has 1 aromatic rings. The lowest BCUT2D eigenvalue weighted by atomic mass is 9.81. The van der Waals surface area contributed by atoms with Crippen LogP contribution in [0.2, 0.25) is 0 Å². The number of halogens is 2. The van der Waals surface area contributed by atoms with E-state index in [1.165, 1.54) is 24.3 Å². The van der Waals surface area contributed by atoms with Crippen LogP contribution in [0.3, 0.4) is 0 Å². The Balaban J connectivity index is 1.98. The third kappa shape index (κ3) is 4.78. The molecule has 0 aliphatic heterocycles. The van der Waals surface area contributed by atoms with Crippen LogP contribution >= 0.6 is 0 Å². The fraction of sp³-hybridized carbons (Fsp3) is 0.412. The lowest BCUT2D eigenvalue weighted by molar-refractivity contribution is -0.130. The summed E-state index contributed by atoms with van der Waals surface area (Å²) >= 11 is 0. The number of alkyl halides is 2. The van der Waals surface area contributed by atoms with Gasteiger partial charge in [-0.3, -0.25) is 9.59 Å². The van der Waals surface area contributed by atoms with Gasteiger partial charge < -0.3 is 15.8 Å². The highest BCUT2D eigenvalue weighted by Gasteiger charge is 2.38. The number of carbonyl (C=O) groups excluding carboxylic acids is 2. The van der Waals surface area contributed by atoms with E-state index in [1.54, 1.807) is 12.1 Å². The predicted octanol–water partition coefficient (Wildman–Crippen LogP) is 2.61. The first-order valence-electron chi connectivity index (χ1n) is 7.76. The van der Waals surface area contributed by atoms with Crippen LogP contribution in [0.25, 0.3) is 6.08 Å². The normalized spacial score (nSPS) is 17.0. The summed E-state index contributed by atoms with van der Waals surface area (Å²) in [5, 5.41) is 2.72. The van der Waals surface area contributed by atoms with Crippen LogP contribution in [-0.4, -0.2) is 24.0 Å². The van der Waals surface area contributed by atoms with Crippen molar-refractivity contribution >= 4 is 17.9 Å². The summed E-state index contributed by atoms with van der Waals surface area (Å²) in [4.78, 5) is 23.8. The molecular weight excluding hydrogens is 318 g/mol. The molecule has 5 nitrogen and oxygen atoms in total. The van der Waals surface area contributed by atoms with Crippen molar-refractivity contribution in [3.05, 3.63) is 35.9 Å². The van der Waals surface area contributed by atoms with E-state index in [4.69, 9.17) is 5.73 Å². The first-order valence-corrected chi connectivity index (χ1v) is 7.76. The first kappa shape index (κ1) is 17.9. The Bertz CT molecular complexity index is 609. The zero-order valence-corrected chi connectivity index (χ0v) is 13.1. The Morgan fingerprint density at radius 1 is 1.17 bits per heavy atom. The Hall–Kier alpha value is -2.44. The van der Waals surface area contributed by atoms with Gasteiger partial charge in [-0.05, 0) is 36.6 Å². The van der Waals surface area contributed by atoms with Crippen LogP contribution in [0.15, 0.2) is 30.3 Å². The molecule has 3 N–H and O–H groups in total. The van der Waals surface area contributed by atoms with Gasteiger partial charge in [-0.15, -0.1) is 0 Å². The van der Waals surface area contributed by atoms with Gasteiger partial charge in [-0.2, -0.15) is 8.78 Å². The molecular formula is C17H20F2N2O3. The molecule has 1 aliphatic carbocycles. The zero-order valence-electron chi connectivity index (χ0n) is 13.1. The van der Waals surface area contributed by atoms with E-state index in [2.05, 4.69) is 10.1 Å². The maximum absolute atomic E-state index is 12.1. The minimum Gasteiger partial charge on any atom is -0.435 e. The van der Waals surface area contributed by atoms with Gasteiger partial charge in [0.05, 0.1) is 0 Å². The summed E-state index contributed by atoms with van der Waals surface area (Å²) in [5.74, 6) is -0.887. The molecule has 0 radical (unpaired) electrons. The molecule has 1 aliphatic rings. The molecule has 0 bridgehead atoms. The fourth-order valence-corrected chi connectivity index (χ4v) is 2.80. The average molecular weight is 338 g/mol. The molecule has 0 spiro atoms. The van der Waals surface area contributed by atoms with Crippen molar-refractivity contribution in [1.82, 2.24) is 5.32 Å². The number of amides is 2. The molecule has 2 rings (SSSR count). The van der Waals surface area contributed by atoms with Crippen molar-refractivity contribution in [3.8, 4) is 5.75 Å². The Kier molecular flexibility index (Phi) is 5.89. The van der Waals surface area contributed by atoms with E-state index >= 15 is 0 Å². The number of nitrogens with one attached hydrogen (secondary N) is 1. The number of primary amides is 1. The maximum Gasteiger partial charge on any atom is 0.387 e. The lowest BCUT2D eigenvalue weighted by Crippen LogP contribution is -2.58. The van der Waals surface area contributed by atoms with Crippen molar-refractivity contribution in [1.29, 1.82) is 0 Å². The predicted molar refractivity (Wildman–Crippen MR) is 85.3 cm³/mol. The van der Waals surface area contributed by atoms with Gasteiger partial charge in [0.1, 0.15) is 11.3 Å². The van der Waals surface area contributed by atoms with Crippen LogP contribution in [0.4, 0.5) is 8.78 Å². The van der Waals surface area contributed by atoms with Gasteiger partial charge in [0.2, 0.25) is 11.8 Å². The Morgan fingerprint density at radius 2 is 1.79 bits per heavy atom. The molecule has 1 aromatic carbocycles. The first-order chi connectivity index (χ1) is 11.4. The number of hydrogen-bond acceptors (Lipinski definition) is 3. The molecule has 1 fully saturated rings. The molecule has 0 heterocycles. The second-order valence-corrected chi connectivity index (χ2v) is 5.78. The van der Waals surface area contributed by atoms with E-state index in [0.29, 0.717) is 18.4 Å². The van der Waals surface area contributed by atoms with Crippen LogP contribution in [0, 0.1) is 0 Å². The molecule has 0 saturated heterocycles. The zero-order chi connectivity index (χ0) is 17.6. The second-order valence-electron chi connectivity index (χ2n) is 5.78. The van der Waals surface area contributed by atoms with Gasteiger partial charge in [-0.1, -0.05) is 31.4 Å². The van der Waals surface area contributed by atoms with Crippen LogP contribution in [0.5, 0.6) is 5.75 Å². The van der Waals surface area contributed by atoms with Crippen LogP contribution in [0.1, 0.15) is 37.7 Å². The highest BCUT2D eigenvalue weighted by Crippen LogP contribution is 2.28. The molecule has 7 heteroatoms. The van der Waals surface area contributed by atoms with Crippen LogP contribution < -0.4 is 15.8 Å². The fourth-order valence-electron chi connectivity index (χ4n) is 2.80. The quantitative estimate of drug-likeness (QED) is 0.782. The van der Waals surface area contributed by atoms with Crippen LogP contribution in [-0.2, 0) is 9.59 Å². The lowest BCUT2D eigenvalue weighted by Gasteiger charge is -2.34. The highest BCUT2D eigenvalue weighted by atomic mass is 19.3. The van der Waals surface area contributed by atoms with Gasteiger partial charge in [-0.25, -0.2) is 0 Å². The molecule has 0 aromatic heterocycles. The van der Waals surface area contributed by atoms with E-state index in [9.17, 15) is 18.4 Å². The minimum atomic E-state index is -2.88. The second kappa shape index (κ2) is 7.90. The molecule has 130 valence electrons. The average Bonchev–Trinajstić information content (AvgIpc) is 2.54. The van der Waals surface area contributed by atoms with Gasteiger partial charge in [0.15, 0.2) is 0 Å². The summed E-state index contributed by atoms with van der Waals surface area (Å²) in [6.07, 6.45) is 6.62. The number of hydrogen-bond donors (Lipinski definition) is 2. The van der Waals surface area contributed by atoms with Crippen molar-refractivity contribution < 1.29 is 23.1 Å². The largest absolute Gasteiger partial charge is 0.435 e. The van der Waals surface area contributed by atoms with Crippen molar-refractivity contribution in [3.63, 3.8) is 0 Å². The topological polar surface area (TPSA) is 81.4 Å². The van der Waals surface area contributed by atoms with E-state index in [0.717, 1.165) is 19.3 Å². The molecule has 2 amide bonds. The van der Waals surface area contributed by atoms with E-state index in [-0.39, 0.29) is 5.75 Å². The van der Waals surface area contributed by atoms with Crippen molar-refractivity contribution in [2.45, 2.75) is 44.3 Å². The summed E-state index contributed by atoms with van der Waals surface area (Å²) in [7, 11) is 0. The summed E-state index contributed by atoms with van der Waals surface area (Å²) in [5.41, 5.74) is 5.13. The molecule has 0 unspecified atom stereocenters. The van der Waals surface area contributed by atoms with Gasteiger partial charge in [0.25, 0.3) is 0 Å². The highest BCUT2D eigenvalue weighted by molar-refractivity contribution is 5.97. The third-order valence-electron chi connectivity index (χ3n) is 4.07. The number of ether oxygens (including phenoxy) is 1.